The lowest BCUT2D eigenvalue weighted by Gasteiger charge is -2.21. The standard InChI is InChI=1S/C21H30N4O2/c1-16(2)8-10-22-21(26)18-14-23-20-9-11-24(12-13-25(18)20)15-17-6-4-5-7-19(17)27-3/h4-7,14,16H,8-13,15H2,1-3H3,(H,22,26). The summed E-state index contributed by atoms with van der Waals surface area (Å²) in [4.78, 5) is 19.4. The van der Waals surface area contributed by atoms with Crippen molar-refractivity contribution >= 4 is 5.91 Å². The van der Waals surface area contributed by atoms with Gasteiger partial charge in [-0.25, -0.2) is 4.98 Å². The summed E-state index contributed by atoms with van der Waals surface area (Å²) in [5, 5.41) is 3.02. The van der Waals surface area contributed by atoms with Gasteiger partial charge in [-0.3, -0.25) is 9.69 Å². The van der Waals surface area contributed by atoms with Crippen LogP contribution in [0.1, 0.15) is 42.1 Å². The molecule has 1 amide bonds. The number of amides is 1. The summed E-state index contributed by atoms with van der Waals surface area (Å²) in [6, 6.07) is 8.14. The SMILES string of the molecule is COc1ccccc1CN1CCc2ncc(C(=O)NCCC(C)C)n2CC1. The number of carbonyl (C=O) groups is 1. The molecular formula is C21H30N4O2. The van der Waals surface area contributed by atoms with Gasteiger partial charge in [0.25, 0.3) is 5.91 Å². The number of imidazole rings is 1. The van der Waals surface area contributed by atoms with E-state index in [4.69, 9.17) is 4.74 Å². The predicted molar refractivity (Wildman–Crippen MR) is 106 cm³/mol. The Morgan fingerprint density at radius 3 is 2.85 bits per heavy atom. The molecule has 1 aromatic heterocycles. The fourth-order valence-electron chi connectivity index (χ4n) is 3.45. The number of nitrogens with zero attached hydrogens (tertiary/aromatic N) is 3. The fraction of sp³-hybridized carbons (Fsp3) is 0.524. The molecule has 0 bridgehead atoms. The first kappa shape index (κ1) is 19.4. The van der Waals surface area contributed by atoms with Crippen LogP contribution in [0.3, 0.4) is 0 Å². The number of hydrogen-bond donors (Lipinski definition) is 1. The fourth-order valence-corrected chi connectivity index (χ4v) is 3.45. The number of nitrogens with one attached hydrogen (secondary N) is 1. The zero-order valence-corrected chi connectivity index (χ0v) is 16.6. The van der Waals surface area contributed by atoms with Crippen molar-refractivity contribution in [2.75, 3.05) is 26.7 Å². The van der Waals surface area contributed by atoms with Crippen molar-refractivity contribution < 1.29 is 9.53 Å². The van der Waals surface area contributed by atoms with Crippen LogP contribution in [0, 0.1) is 5.92 Å². The van der Waals surface area contributed by atoms with Gasteiger partial charge in [-0.05, 0) is 18.4 Å². The lowest BCUT2D eigenvalue weighted by molar-refractivity contribution is 0.0942. The third-order valence-electron chi connectivity index (χ3n) is 5.06. The molecule has 0 saturated heterocycles. The Labute approximate surface area is 161 Å². The second-order valence-corrected chi connectivity index (χ2v) is 7.49. The van der Waals surface area contributed by atoms with Crippen molar-refractivity contribution in [3.8, 4) is 5.75 Å². The Kier molecular flexibility index (Phi) is 6.50. The van der Waals surface area contributed by atoms with Gasteiger partial charge in [0.1, 0.15) is 17.3 Å². The summed E-state index contributed by atoms with van der Waals surface area (Å²) in [7, 11) is 1.71. The van der Waals surface area contributed by atoms with Gasteiger partial charge in [-0.2, -0.15) is 0 Å². The smallest absolute Gasteiger partial charge is 0.269 e. The highest BCUT2D eigenvalue weighted by atomic mass is 16.5. The number of carbonyl (C=O) groups excluding carboxylic acids is 1. The first-order chi connectivity index (χ1) is 13.1. The van der Waals surface area contributed by atoms with Crippen LogP contribution in [-0.4, -0.2) is 47.1 Å². The monoisotopic (exact) mass is 370 g/mol. The molecule has 1 N–H and O–H groups in total. The third kappa shape index (κ3) is 4.89. The summed E-state index contributed by atoms with van der Waals surface area (Å²) >= 11 is 0. The highest BCUT2D eigenvalue weighted by Crippen LogP contribution is 2.21. The summed E-state index contributed by atoms with van der Waals surface area (Å²) in [5.74, 6) is 2.47. The van der Waals surface area contributed by atoms with E-state index in [-0.39, 0.29) is 5.91 Å². The minimum atomic E-state index is -0.0208. The van der Waals surface area contributed by atoms with Crippen molar-refractivity contribution in [2.24, 2.45) is 5.92 Å². The highest BCUT2D eigenvalue weighted by Gasteiger charge is 2.21. The van der Waals surface area contributed by atoms with Crippen molar-refractivity contribution in [2.45, 2.75) is 39.8 Å². The van der Waals surface area contributed by atoms with E-state index in [1.54, 1.807) is 13.3 Å². The quantitative estimate of drug-likeness (QED) is 0.814. The first-order valence-corrected chi connectivity index (χ1v) is 9.75. The second kappa shape index (κ2) is 9.04. The normalized spacial score (nSPS) is 14.7. The Morgan fingerprint density at radius 1 is 1.26 bits per heavy atom. The van der Waals surface area contributed by atoms with E-state index in [1.165, 1.54) is 5.56 Å². The van der Waals surface area contributed by atoms with Crippen molar-refractivity contribution in [1.29, 1.82) is 0 Å². The molecule has 2 aromatic rings. The van der Waals surface area contributed by atoms with E-state index in [2.05, 4.69) is 39.7 Å². The van der Waals surface area contributed by atoms with Gasteiger partial charge < -0.3 is 14.6 Å². The van der Waals surface area contributed by atoms with Gasteiger partial charge in [0.2, 0.25) is 0 Å². The third-order valence-corrected chi connectivity index (χ3v) is 5.06. The van der Waals surface area contributed by atoms with E-state index >= 15 is 0 Å². The minimum Gasteiger partial charge on any atom is -0.496 e. The molecule has 6 nitrogen and oxygen atoms in total. The van der Waals surface area contributed by atoms with Crippen LogP contribution in [0.5, 0.6) is 5.75 Å². The summed E-state index contributed by atoms with van der Waals surface area (Å²) in [6.45, 7) is 8.44. The van der Waals surface area contributed by atoms with Crippen LogP contribution in [0.15, 0.2) is 30.5 Å². The summed E-state index contributed by atoms with van der Waals surface area (Å²) in [5.41, 5.74) is 1.86. The number of fused-ring (bicyclic) bond motifs is 1. The van der Waals surface area contributed by atoms with Crippen LogP contribution in [0.2, 0.25) is 0 Å². The number of aromatic nitrogens is 2. The molecule has 3 rings (SSSR count). The van der Waals surface area contributed by atoms with Gasteiger partial charge in [0.15, 0.2) is 0 Å². The lowest BCUT2D eigenvalue weighted by Crippen LogP contribution is -2.29. The Bertz CT molecular complexity index is 769. The van der Waals surface area contributed by atoms with Crippen LogP contribution in [0.25, 0.3) is 0 Å². The molecule has 6 heteroatoms. The number of hydrogen-bond acceptors (Lipinski definition) is 4. The molecule has 0 radical (unpaired) electrons. The maximum Gasteiger partial charge on any atom is 0.269 e. The molecule has 0 spiro atoms. The second-order valence-electron chi connectivity index (χ2n) is 7.49. The number of benzene rings is 1. The number of para-hydroxylation sites is 1. The van der Waals surface area contributed by atoms with Gasteiger partial charge in [0, 0.05) is 44.7 Å². The number of methoxy groups -OCH3 is 1. The molecule has 27 heavy (non-hydrogen) atoms. The zero-order valence-electron chi connectivity index (χ0n) is 16.6. The average molecular weight is 370 g/mol. The van der Waals surface area contributed by atoms with Crippen LogP contribution in [0.4, 0.5) is 0 Å². The van der Waals surface area contributed by atoms with Crippen LogP contribution >= 0.6 is 0 Å². The molecule has 2 heterocycles. The molecular weight excluding hydrogens is 340 g/mol. The molecule has 0 atom stereocenters. The van der Waals surface area contributed by atoms with Crippen LogP contribution in [-0.2, 0) is 19.5 Å². The van der Waals surface area contributed by atoms with E-state index in [1.807, 2.05) is 18.2 Å². The molecule has 0 unspecified atom stereocenters. The number of ether oxygens (including phenoxy) is 1. The van der Waals surface area contributed by atoms with E-state index in [9.17, 15) is 4.79 Å². The van der Waals surface area contributed by atoms with Crippen molar-refractivity contribution in [3.05, 3.63) is 47.5 Å². The first-order valence-electron chi connectivity index (χ1n) is 9.75. The van der Waals surface area contributed by atoms with Gasteiger partial charge in [-0.1, -0.05) is 32.0 Å². The van der Waals surface area contributed by atoms with E-state index < -0.39 is 0 Å². The average Bonchev–Trinajstić information content (AvgIpc) is 2.96. The molecule has 1 aromatic carbocycles. The Morgan fingerprint density at radius 2 is 2.07 bits per heavy atom. The van der Waals surface area contributed by atoms with Crippen molar-refractivity contribution in [1.82, 2.24) is 19.8 Å². The van der Waals surface area contributed by atoms with E-state index in [0.717, 1.165) is 50.6 Å². The maximum atomic E-state index is 12.5. The lowest BCUT2D eigenvalue weighted by atomic mass is 10.1. The molecule has 0 saturated carbocycles. The van der Waals surface area contributed by atoms with Crippen molar-refractivity contribution in [3.63, 3.8) is 0 Å². The Balaban J connectivity index is 1.63. The molecule has 146 valence electrons. The largest absolute Gasteiger partial charge is 0.496 e. The minimum absolute atomic E-state index is 0.0208. The van der Waals surface area contributed by atoms with E-state index in [0.29, 0.717) is 18.2 Å². The Hall–Kier alpha value is -2.34. The molecule has 1 aliphatic rings. The predicted octanol–water partition coefficient (Wildman–Crippen LogP) is 2.73. The topological polar surface area (TPSA) is 59.4 Å². The molecule has 1 aliphatic heterocycles. The summed E-state index contributed by atoms with van der Waals surface area (Å²) < 4.78 is 7.55. The zero-order chi connectivity index (χ0) is 19.2. The molecule has 0 aliphatic carbocycles. The van der Waals surface area contributed by atoms with Gasteiger partial charge in [-0.15, -0.1) is 0 Å². The van der Waals surface area contributed by atoms with Gasteiger partial charge in [0.05, 0.1) is 13.3 Å². The van der Waals surface area contributed by atoms with Gasteiger partial charge >= 0.3 is 0 Å². The highest BCUT2D eigenvalue weighted by molar-refractivity contribution is 5.92. The molecule has 0 fully saturated rings. The number of rotatable bonds is 7. The van der Waals surface area contributed by atoms with Crippen LogP contribution < -0.4 is 10.1 Å². The summed E-state index contributed by atoms with van der Waals surface area (Å²) in [6.07, 6.45) is 3.55. The maximum absolute atomic E-state index is 12.5.